The number of aliphatic hydroxyl groups is 11. The summed E-state index contributed by atoms with van der Waals surface area (Å²) in [4.78, 5) is 11.9. The van der Waals surface area contributed by atoms with E-state index < -0.39 is 130 Å². The van der Waals surface area contributed by atoms with E-state index in [0.717, 1.165) is 25.7 Å². The van der Waals surface area contributed by atoms with Gasteiger partial charge in [0.25, 0.3) is 0 Å². The quantitative estimate of drug-likeness (QED) is 0.0421. The Morgan fingerprint density at radius 3 is 1.45 bits per heavy atom. The molecular weight excluding hydrogens is 746 g/mol. The monoisotopic (exact) mass is 815 g/mol. The summed E-state index contributed by atoms with van der Waals surface area (Å²) in [5.41, 5.74) is 0. The minimum atomic E-state index is -1.96. The number of unbranched alkanes of at least 4 members (excludes halogenated alkanes) is 11. The van der Waals surface area contributed by atoms with Crippen molar-refractivity contribution in [1.82, 2.24) is 5.32 Å². The van der Waals surface area contributed by atoms with Gasteiger partial charge >= 0.3 is 0 Å². The van der Waals surface area contributed by atoms with Gasteiger partial charge in [-0.05, 0) is 6.42 Å². The van der Waals surface area contributed by atoms with Gasteiger partial charge in [-0.15, -0.1) is 0 Å². The molecule has 19 nitrogen and oxygen atoms in total. The van der Waals surface area contributed by atoms with E-state index in [4.69, 9.17) is 28.4 Å². The second kappa shape index (κ2) is 25.4. The van der Waals surface area contributed by atoms with Gasteiger partial charge in [-0.2, -0.15) is 0 Å². The SMILES string of the molecule is CCCCCCCCCCCCCCC(O)C(COC1OC(CO)C(OC2OC(CO)C(OC3OC(CO)C(O)C(O)C3O)C(O)C2O)C(O)C1O)NC(C)=O. The molecule has 0 aliphatic carbocycles. The molecule has 0 radical (unpaired) electrons. The Morgan fingerprint density at radius 1 is 0.571 bits per heavy atom. The number of hydrogen-bond donors (Lipinski definition) is 12. The summed E-state index contributed by atoms with van der Waals surface area (Å²) < 4.78 is 33.5. The zero-order valence-electron chi connectivity index (χ0n) is 32.6. The summed E-state index contributed by atoms with van der Waals surface area (Å²) in [6.07, 6.45) is -12.1. The van der Waals surface area contributed by atoms with Crippen molar-refractivity contribution in [3.8, 4) is 0 Å². The molecule has 56 heavy (non-hydrogen) atoms. The zero-order chi connectivity index (χ0) is 41.4. The first-order valence-corrected chi connectivity index (χ1v) is 20.2. The van der Waals surface area contributed by atoms with E-state index >= 15 is 0 Å². The number of rotatable bonds is 25. The van der Waals surface area contributed by atoms with E-state index in [2.05, 4.69) is 12.2 Å². The van der Waals surface area contributed by atoms with Crippen LogP contribution < -0.4 is 5.32 Å². The molecule has 17 unspecified atom stereocenters. The molecule has 0 bridgehead atoms. The van der Waals surface area contributed by atoms with Crippen LogP contribution in [0.1, 0.15) is 97.3 Å². The third kappa shape index (κ3) is 14.2. The summed E-state index contributed by atoms with van der Waals surface area (Å²) in [6.45, 7) is 0.778. The third-order valence-electron chi connectivity index (χ3n) is 10.7. The Kier molecular flexibility index (Phi) is 22.3. The van der Waals surface area contributed by atoms with Crippen molar-refractivity contribution >= 4 is 5.91 Å². The number of ether oxygens (including phenoxy) is 6. The van der Waals surface area contributed by atoms with Crippen LogP contribution in [0.3, 0.4) is 0 Å². The molecule has 0 aromatic rings. The molecule has 1 amide bonds. The summed E-state index contributed by atoms with van der Waals surface area (Å²) >= 11 is 0. The van der Waals surface area contributed by atoms with E-state index in [1.807, 2.05) is 0 Å². The average molecular weight is 816 g/mol. The molecule has 0 saturated carbocycles. The number of hydrogen-bond acceptors (Lipinski definition) is 18. The largest absolute Gasteiger partial charge is 0.394 e. The van der Waals surface area contributed by atoms with Crippen LogP contribution in [0.2, 0.25) is 0 Å². The van der Waals surface area contributed by atoms with Gasteiger partial charge in [0.05, 0.1) is 38.6 Å². The summed E-state index contributed by atoms with van der Waals surface area (Å²) in [6, 6.07) is -0.879. The first-order chi connectivity index (χ1) is 26.8. The Balaban J connectivity index is 1.51. The maximum absolute atomic E-state index is 11.9. The van der Waals surface area contributed by atoms with Crippen LogP contribution in [0.25, 0.3) is 0 Å². The standard InChI is InChI=1S/C37H69NO18/c1-3-4-5-6-7-8-9-10-11-12-13-14-15-22(43)21(38-20(2)42)19-51-35-31(49)28(46)33(24(17-40)53-35)56-37-32(50)29(47)34(25(18-41)54-37)55-36-30(48)27(45)26(44)23(16-39)52-36/h21-37,39-41,43-50H,3-19H2,1-2H3,(H,38,42). The van der Waals surface area contributed by atoms with Gasteiger partial charge in [0.15, 0.2) is 18.9 Å². The molecule has 3 aliphatic heterocycles. The van der Waals surface area contributed by atoms with Crippen molar-refractivity contribution in [3.05, 3.63) is 0 Å². The lowest BCUT2D eigenvalue weighted by atomic mass is 9.96. The highest BCUT2D eigenvalue weighted by Crippen LogP contribution is 2.33. The molecule has 0 spiro atoms. The molecule has 0 aromatic heterocycles. The first-order valence-electron chi connectivity index (χ1n) is 20.2. The summed E-state index contributed by atoms with van der Waals surface area (Å²) in [5.74, 6) is -0.422. The smallest absolute Gasteiger partial charge is 0.217 e. The van der Waals surface area contributed by atoms with Crippen molar-refractivity contribution in [2.24, 2.45) is 0 Å². The topological polar surface area (TPSA) is 307 Å². The van der Waals surface area contributed by atoms with E-state index in [-0.39, 0.29) is 6.61 Å². The first kappa shape index (κ1) is 49.2. The predicted molar refractivity (Wildman–Crippen MR) is 194 cm³/mol. The van der Waals surface area contributed by atoms with Gasteiger partial charge in [0, 0.05) is 6.92 Å². The number of aliphatic hydroxyl groups excluding tert-OH is 11. The zero-order valence-corrected chi connectivity index (χ0v) is 32.6. The second-order valence-corrected chi connectivity index (χ2v) is 15.2. The van der Waals surface area contributed by atoms with E-state index in [1.54, 1.807) is 0 Å². The fourth-order valence-electron chi connectivity index (χ4n) is 7.29. The molecule has 0 aromatic carbocycles. The summed E-state index contributed by atoms with van der Waals surface area (Å²) in [5, 5.41) is 118. The van der Waals surface area contributed by atoms with Gasteiger partial charge in [0.2, 0.25) is 5.91 Å². The van der Waals surface area contributed by atoms with Gasteiger partial charge in [-0.1, -0.05) is 84.0 Å². The van der Waals surface area contributed by atoms with Crippen molar-refractivity contribution in [2.45, 2.75) is 202 Å². The van der Waals surface area contributed by atoms with Crippen molar-refractivity contribution in [3.63, 3.8) is 0 Å². The molecule has 3 fully saturated rings. The van der Waals surface area contributed by atoms with Crippen LogP contribution in [0.4, 0.5) is 0 Å². The van der Waals surface area contributed by atoms with Crippen molar-refractivity contribution < 1.29 is 89.4 Å². The van der Waals surface area contributed by atoms with Gasteiger partial charge in [0.1, 0.15) is 73.2 Å². The van der Waals surface area contributed by atoms with Crippen LogP contribution in [0.15, 0.2) is 0 Å². The Morgan fingerprint density at radius 2 is 0.982 bits per heavy atom. The molecule has 19 heteroatoms. The lowest BCUT2D eigenvalue weighted by Crippen LogP contribution is -2.66. The molecule has 3 rings (SSSR count). The Bertz CT molecular complexity index is 1070. The van der Waals surface area contributed by atoms with Gasteiger partial charge in [-0.25, -0.2) is 0 Å². The third-order valence-corrected chi connectivity index (χ3v) is 10.7. The number of nitrogens with one attached hydrogen (secondary N) is 1. The molecule has 3 saturated heterocycles. The second-order valence-electron chi connectivity index (χ2n) is 15.2. The van der Waals surface area contributed by atoms with Crippen LogP contribution in [0, 0.1) is 0 Å². The van der Waals surface area contributed by atoms with Crippen molar-refractivity contribution in [1.29, 1.82) is 0 Å². The highest BCUT2D eigenvalue weighted by atomic mass is 16.8. The van der Waals surface area contributed by atoms with Crippen LogP contribution in [-0.2, 0) is 33.2 Å². The van der Waals surface area contributed by atoms with Crippen LogP contribution in [-0.4, -0.2) is 193 Å². The lowest BCUT2D eigenvalue weighted by molar-refractivity contribution is -0.379. The van der Waals surface area contributed by atoms with E-state index in [0.29, 0.717) is 6.42 Å². The maximum atomic E-state index is 11.9. The van der Waals surface area contributed by atoms with E-state index in [9.17, 15) is 61.0 Å². The van der Waals surface area contributed by atoms with Crippen LogP contribution >= 0.6 is 0 Å². The summed E-state index contributed by atoms with van der Waals surface area (Å²) in [7, 11) is 0. The number of amides is 1. The normalized spacial score (nSPS) is 37.6. The molecule has 17 atom stereocenters. The Labute approximate surface area is 328 Å². The maximum Gasteiger partial charge on any atom is 0.217 e. The highest BCUT2D eigenvalue weighted by molar-refractivity contribution is 5.73. The Hall–Kier alpha value is -1.21. The highest BCUT2D eigenvalue weighted by Gasteiger charge is 2.53. The molecule has 3 heterocycles. The van der Waals surface area contributed by atoms with Gasteiger partial charge in [-0.3, -0.25) is 4.79 Å². The van der Waals surface area contributed by atoms with Crippen molar-refractivity contribution in [2.75, 3.05) is 26.4 Å². The number of carbonyl (C=O) groups excluding carboxylic acids is 1. The van der Waals surface area contributed by atoms with E-state index in [1.165, 1.54) is 58.3 Å². The molecular formula is C37H69NO18. The molecule has 12 N–H and O–H groups in total. The predicted octanol–water partition coefficient (Wildman–Crippen LogP) is -2.59. The van der Waals surface area contributed by atoms with Gasteiger partial charge < -0.3 is 89.9 Å². The minimum Gasteiger partial charge on any atom is -0.394 e. The molecule has 3 aliphatic rings. The lowest BCUT2D eigenvalue weighted by Gasteiger charge is -2.48. The minimum absolute atomic E-state index is 0.318. The van der Waals surface area contributed by atoms with Crippen LogP contribution in [0.5, 0.6) is 0 Å². The fraction of sp³-hybridized carbons (Fsp3) is 0.973. The average Bonchev–Trinajstić information content (AvgIpc) is 3.18. The number of carbonyl (C=O) groups is 1. The fourth-order valence-corrected chi connectivity index (χ4v) is 7.29. The molecule has 330 valence electrons.